The highest BCUT2D eigenvalue weighted by molar-refractivity contribution is 5.93. The molecule has 6 nitrogen and oxygen atoms in total. The van der Waals surface area contributed by atoms with Gasteiger partial charge in [0.15, 0.2) is 0 Å². The first-order valence-electron chi connectivity index (χ1n) is 11.0. The van der Waals surface area contributed by atoms with Crippen LogP contribution in [0.25, 0.3) is 0 Å². The fourth-order valence-corrected chi connectivity index (χ4v) is 3.86. The van der Waals surface area contributed by atoms with Gasteiger partial charge in [-0.3, -0.25) is 19.4 Å². The van der Waals surface area contributed by atoms with Crippen LogP contribution in [0, 0.1) is 13.8 Å². The number of carbonyl (C=O) groups is 2. The SMILES string of the molecule is Cc1cccc(NC(=O)CN2CCN(CC(=O)N(C)C(C)c3ccccc3)CC2)c1C. The van der Waals surface area contributed by atoms with E-state index in [0.717, 1.165) is 43.0 Å². The number of carbonyl (C=O) groups excluding carboxylic acids is 2. The van der Waals surface area contributed by atoms with Gasteiger partial charge in [-0.15, -0.1) is 0 Å². The second kappa shape index (κ2) is 10.6. The summed E-state index contributed by atoms with van der Waals surface area (Å²) in [4.78, 5) is 31.4. The summed E-state index contributed by atoms with van der Waals surface area (Å²) in [6.07, 6.45) is 0. The monoisotopic (exact) mass is 422 g/mol. The normalized spacial score (nSPS) is 16.0. The molecule has 0 saturated carbocycles. The molecule has 0 spiro atoms. The first kappa shape index (κ1) is 23.0. The van der Waals surface area contributed by atoms with Gasteiger partial charge in [-0.2, -0.15) is 0 Å². The number of amides is 2. The maximum atomic E-state index is 12.8. The zero-order valence-corrected chi connectivity index (χ0v) is 19.1. The molecule has 1 N–H and O–H groups in total. The van der Waals surface area contributed by atoms with E-state index in [2.05, 4.69) is 34.2 Å². The molecule has 0 aromatic heterocycles. The fraction of sp³-hybridized carbons (Fsp3) is 0.440. The van der Waals surface area contributed by atoms with Crippen molar-refractivity contribution in [3.63, 3.8) is 0 Å². The van der Waals surface area contributed by atoms with Crippen LogP contribution in [0.3, 0.4) is 0 Å². The van der Waals surface area contributed by atoms with Crippen LogP contribution in [0.5, 0.6) is 0 Å². The Morgan fingerprint density at radius 2 is 1.55 bits per heavy atom. The maximum Gasteiger partial charge on any atom is 0.238 e. The quantitative estimate of drug-likeness (QED) is 0.745. The van der Waals surface area contributed by atoms with Crippen LogP contribution in [-0.2, 0) is 9.59 Å². The Bertz CT molecular complexity index is 892. The van der Waals surface area contributed by atoms with Gasteiger partial charge in [0.05, 0.1) is 19.1 Å². The lowest BCUT2D eigenvalue weighted by molar-refractivity contribution is -0.133. The van der Waals surface area contributed by atoms with Gasteiger partial charge in [0.25, 0.3) is 0 Å². The van der Waals surface area contributed by atoms with Crippen molar-refractivity contribution >= 4 is 17.5 Å². The third kappa shape index (κ3) is 6.15. The van der Waals surface area contributed by atoms with Crippen LogP contribution in [0.1, 0.15) is 29.7 Å². The van der Waals surface area contributed by atoms with E-state index in [1.165, 1.54) is 5.56 Å². The van der Waals surface area contributed by atoms with Crippen molar-refractivity contribution in [1.29, 1.82) is 0 Å². The lowest BCUT2D eigenvalue weighted by Gasteiger charge is -2.35. The number of hydrogen-bond acceptors (Lipinski definition) is 4. The summed E-state index contributed by atoms with van der Waals surface area (Å²) < 4.78 is 0. The van der Waals surface area contributed by atoms with Crippen LogP contribution >= 0.6 is 0 Å². The first-order valence-corrected chi connectivity index (χ1v) is 11.0. The summed E-state index contributed by atoms with van der Waals surface area (Å²) in [6.45, 7) is 10.1. The van der Waals surface area contributed by atoms with Crippen molar-refractivity contribution in [3.8, 4) is 0 Å². The predicted molar refractivity (Wildman–Crippen MR) is 125 cm³/mol. The Labute approximate surface area is 185 Å². The summed E-state index contributed by atoms with van der Waals surface area (Å²) in [7, 11) is 1.87. The highest BCUT2D eigenvalue weighted by Gasteiger charge is 2.24. The van der Waals surface area contributed by atoms with E-state index in [1.54, 1.807) is 0 Å². The van der Waals surface area contributed by atoms with Gasteiger partial charge in [-0.1, -0.05) is 42.5 Å². The second-order valence-corrected chi connectivity index (χ2v) is 8.44. The molecule has 1 aliphatic heterocycles. The number of anilines is 1. The molecule has 1 aliphatic rings. The van der Waals surface area contributed by atoms with E-state index >= 15 is 0 Å². The van der Waals surface area contributed by atoms with Crippen molar-refractivity contribution in [1.82, 2.24) is 14.7 Å². The predicted octanol–water partition coefficient (Wildman–Crippen LogP) is 3.08. The van der Waals surface area contributed by atoms with Gasteiger partial charge < -0.3 is 10.2 Å². The third-order valence-corrected chi connectivity index (χ3v) is 6.33. The molecule has 1 heterocycles. The number of aryl methyl sites for hydroxylation is 1. The Kier molecular flexibility index (Phi) is 7.82. The van der Waals surface area contributed by atoms with E-state index in [9.17, 15) is 9.59 Å². The average Bonchev–Trinajstić information content (AvgIpc) is 2.77. The van der Waals surface area contributed by atoms with Gasteiger partial charge in [-0.05, 0) is 43.5 Å². The van der Waals surface area contributed by atoms with E-state index in [-0.39, 0.29) is 17.9 Å². The summed E-state index contributed by atoms with van der Waals surface area (Å²) in [5.41, 5.74) is 4.29. The van der Waals surface area contributed by atoms with Crippen LogP contribution in [0.2, 0.25) is 0 Å². The molecule has 6 heteroatoms. The Hall–Kier alpha value is -2.70. The van der Waals surface area contributed by atoms with E-state index in [4.69, 9.17) is 0 Å². The summed E-state index contributed by atoms with van der Waals surface area (Å²) in [5, 5.41) is 3.03. The first-order chi connectivity index (χ1) is 14.8. The molecule has 0 radical (unpaired) electrons. The summed E-state index contributed by atoms with van der Waals surface area (Å²) >= 11 is 0. The molecule has 0 aliphatic carbocycles. The molecule has 3 rings (SSSR count). The average molecular weight is 423 g/mol. The standard InChI is InChI=1S/C25H34N4O2/c1-19-9-8-12-23(20(19)2)26-24(30)17-28-13-15-29(16-14-28)18-25(31)27(4)21(3)22-10-6-5-7-11-22/h5-12,21H,13-18H2,1-4H3,(H,26,30). The molecule has 31 heavy (non-hydrogen) atoms. The summed E-state index contributed by atoms with van der Waals surface area (Å²) in [5.74, 6) is 0.132. The van der Waals surface area contributed by atoms with Gasteiger partial charge in [-0.25, -0.2) is 0 Å². The van der Waals surface area contributed by atoms with Crippen LogP contribution in [0.15, 0.2) is 48.5 Å². The number of likely N-dealkylation sites (N-methyl/N-ethyl adjacent to an activating group) is 1. The molecule has 1 atom stereocenters. The molecule has 1 fully saturated rings. The molecule has 2 aromatic rings. The number of benzene rings is 2. The van der Waals surface area contributed by atoms with Gasteiger partial charge in [0.2, 0.25) is 11.8 Å². The van der Waals surface area contributed by atoms with Crippen molar-refractivity contribution < 1.29 is 9.59 Å². The maximum absolute atomic E-state index is 12.8. The van der Waals surface area contributed by atoms with Crippen molar-refractivity contribution in [2.24, 2.45) is 0 Å². The molecular formula is C25H34N4O2. The van der Waals surface area contributed by atoms with Gasteiger partial charge >= 0.3 is 0 Å². The van der Waals surface area contributed by atoms with Gasteiger partial charge in [0.1, 0.15) is 0 Å². The smallest absolute Gasteiger partial charge is 0.238 e. The van der Waals surface area contributed by atoms with Crippen LogP contribution in [0.4, 0.5) is 5.69 Å². The van der Waals surface area contributed by atoms with Crippen molar-refractivity contribution in [2.45, 2.75) is 26.8 Å². The zero-order valence-electron chi connectivity index (χ0n) is 19.1. The highest BCUT2D eigenvalue weighted by Crippen LogP contribution is 2.19. The number of rotatable bonds is 7. The minimum Gasteiger partial charge on any atom is -0.338 e. The van der Waals surface area contributed by atoms with Crippen LogP contribution < -0.4 is 5.32 Å². The number of hydrogen-bond donors (Lipinski definition) is 1. The minimum atomic E-state index is 0.00893. The Morgan fingerprint density at radius 3 is 2.19 bits per heavy atom. The molecule has 2 aromatic carbocycles. The zero-order chi connectivity index (χ0) is 22.4. The Morgan fingerprint density at radius 1 is 0.935 bits per heavy atom. The fourth-order valence-electron chi connectivity index (χ4n) is 3.86. The largest absolute Gasteiger partial charge is 0.338 e. The molecule has 1 saturated heterocycles. The lowest BCUT2D eigenvalue weighted by atomic mass is 10.1. The minimum absolute atomic E-state index is 0.00893. The number of nitrogens with zero attached hydrogens (tertiary/aromatic N) is 3. The van der Waals surface area contributed by atoms with E-state index < -0.39 is 0 Å². The molecular weight excluding hydrogens is 388 g/mol. The van der Waals surface area contributed by atoms with E-state index in [0.29, 0.717) is 13.1 Å². The van der Waals surface area contributed by atoms with Gasteiger partial charge in [0, 0.05) is 38.9 Å². The molecule has 2 amide bonds. The van der Waals surface area contributed by atoms with Crippen molar-refractivity contribution in [3.05, 3.63) is 65.2 Å². The number of piperazine rings is 1. The number of nitrogens with one attached hydrogen (secondary N) is 1. The Balaban J connectivity index is 1.43. The highest BCUT2D eigenvalue weighted by atomic mass is 16.2. The van der Waals surface area contributed by atoms with E-state index in [1.807, 2.05) is 62.2 Å². The van der Waals surface area contributed by atoms with Crippen molar-refractivity contribution in [2.75, 3.05) is 51.6 Å². The van der Waals surface area contributed by atoms with Crippen LogP contribution in [-0.4, -0.2) is 72.8 Å². The molecule has 166 valence electrons. The second-order valence-electron chi connectivity index (χ2n) is 8.44. The third-order valence-electron chi connectivity index (χ3n) is 6.33. The molecule has 1 unspecified atom stereocenters. The molecule has 0 bridgehead atoms. The lowest BCUT2D eigenvalue weighted by Crippen LogP contribution is -2.51. The summed E-state index contributed by atoms with van der Waals surface area (Å²) in [6, 6.07) is 16.1. The topological polar surface area (TPSA) is 55.9 Å².